The number of aryl methyl sites for hydroxylation is 1. The summed E-state index contributed by atoms with van der Waals surface area (Å²) in [7, 11) is 1.57. The topological polar surface area (TPSA) is 97.8 Å². The molecule has 0 saturated carbocycles. The van der Waals surface area contributed by atoms with Gasteiger partial charge in [-0.05, 0) is 38.8 Å². The van der Waals surface area contributed by atoms with Gasteiger partial charge in [0.2, 0.25) is 5.43 Å². The molecule has 1 aromatic carbocycles. The van der Waals surface area contributed by atoms with Crippen molar-refractivity contribution in [3.8, 4) is 5.75 Å². The number of carboxylic acid groups (broad SMARTS) is 1. The number of anilines is 1. The molecule has 2 atom stereocenters. The molecule has 26 heavy (non-hydrogen) atoms. The predicted octanol–water partition coefficient (Wildman–Crippen LogP) is 2.04. The average Bonchev–Trinajstić information content (AvgIpc) is 3.10. The van der Waals surface area contributed by atoms with E-state index in [1.165, 1.54) is 6.20 Å². The van der Waals surface area contributed by atoms with Crippen LogP contribution in [0.1, 0.15) is 37.0 Å². The minimum atomic E-state index is -1.22. The highest BCUT2D eigenvalue weighted by Crippen LogP contribution is 2.39. The van der Waals surface area contributed by atoms with Gasteiger partial charge in [-0.3, -0.25) is 4.79 Å². The number of ether oxygens (including phenoxy) is 1. The molecule has 1 saturated heterocycles. The van der Waals surface area contributed by atoms with E-state index in [4.69, 9.17) is 10.5 Å². The van der Waals surface area contributed by atoms with Crippen LogP contribution in [-0.2, 0) is 6.54 Å². The third kappa shape index (κ3) is 2.82. The van der Waals surface area contributed by atoms with Crippen LogP contribution in [0.25, 0.3) is 10.9 Å². The molecule has 140 valence electrons. The van der Waals surface area contributed by atoms with E-state index in [0.29, 0.717) is 23.2 Å². The highest BCUT2D eigenvalue weighted by atomic mass is 16.5. The van der Waals surface area contributed by atoms with Crippen molar-refractivity contribution in [1.29, 1.82) is 0 Å². The number of aromatic nitrogens is 1. The van der Waals surface area contributed by atoms with Crippen molar-refractivity contribution in [1.82, 2.24) is 4.57 Å². The number of hydrogen-bond donors (Lipinski definition) is 2. The highest BCUT2D eigenvalue weighted by Gasteiger charge is 2.31. The summed E-state index contributed by atoms with van der Waals surface area (Å²) in [5.41, 5.74) is 6.95. The summed E-state index contributed by atoms with van der Waals surface area (Å²) in [5.74, 6) is -0.635. The Kier molecular flexibility index (Phi) is 4.91. The molecule has 1 aliphatic rings. The van der Waals surface area contributed by atoms with Crippen molar-refractivity contribution < 1.29 is 14.6 Å². The van der Waals surface area contributed by atoms with E-state index in [-0.39, 0.29) is 17.6 Å². The number of fused-ring (bicyclic) bond motifs is 1. The Morgan fingerprint density at radius 2 is 2.19 bits per heavy atom. The van der Waals surface area contributed by atoms with Gasteiger partial charge in [-0.25, -0.2) is 4.79 Å². The number of carbonyl (C=O) groups is 1. The van der Waals surface area contributed by atoms with Crippen molar-refractivity contribution in [2.45, 2.75) is 45.3 Å². The lowest BCUT2D eigenvalue weighted by atomic mass is 10.1. The van der Waals surface area contributed by atoms with Crippen LogP contribution in [0.2, 0.25) is 0 Å². The molecule has 7 heteroatoms. The number of aromatic carboxylic acids is 1. The van der Waals surface area contributed by atoms with Crippen molar-refractivity contribution >= 4 is 22.6 Å². The molecular formula is C19H25N3O4. The molecule has 2 unspecified atom stereocenters. The second kappa shape index (κ2) is 6.99. The van der Waals surface area contributed by atoms with Crippen LogP contribution in [-0.4, -0.2) is 41.4 Å². The molecule has 0 aliphatic carbocycles. The van der Waals surface area contributed by atoms with Gasteiger partial charge in [0.05, 0.1) is 23.7 Å². The van der Waals surface area contributed by atoms with Crippen LogP contribution in [0.4, 0.5) is 5.69 Å². The first-order valence-corrected chi connectivity index (χ1v) is 8.90. The average molecular weight is 359 g/mol. The number of hydrogen-bond acceptors (Lipinski definition) is 5. The molecule has 3 N–H and O–H groups in total. The van der Waals surface area contributed by atoms with Crippen LogP contribution in [0, 0.1) is 0 Å². The number of benzene rings is 1. The molecule has 3 rings (SSSR count). The van der Waals surface area contributed by atoms with Crippen LogP contribution in [0.3, 0.4) is 0 Å². The van der Waals surface area contributed by atoms with Gasteiger partial charge in [-0.2, -0.15) is 0 Å². The van der Waals surface area contributed by atoms with E-state index in [1.807, 2.05) is 19.9 Å². The zero-order valence-corrected chi connectivity index (χ0v) is 15.4. The van der Waals surface area contributed by atoms with E-state index < -0.39 is 11.4 Å². The minimum Gasteiger partial charge on any atom is -0.492 e. The standard InChI is InChI=1S/C19H25N3O4/c1-4-21-10-13(19(24)25)17(23)12-7-8-15(18(26-3)16(12)21)22-9-5-6-14(22)11(2)20/h7-8,10-11,14H,4-6,9,20H2,1-3H3,(H,24,25). The molecule has 1 aliphatic heterocycles. The molecule has 0 amide bonds. The second-order valence-corrected chi connectivity index (χ2v) is 6.74. The van der Waals surface area contributed by atoms with Gasteiger partial charge >= 0.3 is 5.97 Å². The van der Waals surface area contributed by atoms with Gasteiger partial charge < -0.3 is 25.0 Å². The fraction of sp³-hybridized carbons (Fsp3) is 0.474. The molecule has 1 fully saturated rings. The second-order valence-electron chi connectivity index (χ2n) is 6.74. The number of methoxy groups -OCH3 is 1. The lowest BCUT2D eigenvalue weighted by molar-refractivity contribution is 0.0695. The number of carboxylic acids is 1. The first-order chi connectivity index (χ1) is 12.4. The molecule has 0 bridgehead atoms. The lowest BCUT2D eigenvalue weighted by Gasteiger charge is -2.31. The molecule has 1 aromatic heterocycles. The fourth-order valence-electron chi connectivity index (χ4n) is 3.92. The van der Waals surface area contributed by atoms with Crippen LogP contribution >= 0.6 is 0 Å². The van der Waals surface area contributed by atoms with Gasteiger partial charge in [-0.1, -0.05) is 0 Å². The van der Waals surface area contributed by atoms with E-state index in [0.717, 1.165) is 25.1 Å². The number of rotatable bonds is 5. The summed E-state index contributed by atoms with van der Waals surface area (Å²) in [6, 6.07) is 3.77. The zero-order chi connectivity index (χ0) is 19.0. The van der Waals surface area contributed by atoms with Gasteiger partial charge in [0, 0.05) is 31.4 Å². The summed E-state index contributed by atoms with van der Waals surface area (Å²) in [6.07, 6.45) is 3.45. The van der Waals surface area contributed by atoms with E-state index in [2.05, 4.69) is 4.90 Å². The van der Waals surface area contributed by atoms with Gasteiger partial charge in [0.1, 0.15) is 5.56 Å². The van der Waals surface area contributed by atoms with Crippen molar-refractivity contribution in [2.24, 2.45) is 5.73 Å². The van der Waals surface area contributed by atoms with Crippen LogP contribution < -0.4 is 20.8 Å². The summed E-state index contributed by atoms with van der Waals surface area (Å²) in [5, 5.41) is 9.68. The summed E-state index contributed by atoms with van der Waals surface area (Å²) < 4.78 is 7.47. The predicted molar refractivity (Wildman–Crippen MR) is 101 cm³/mol. The van der Waals surface area contributed by atoms with Gasteiger partial charge in [-0.15, -0.1) is 0 Å². The monoisotopic (exact) mass is 359 g/mol. The van der Waals surface area contributed by atoms with E-state index >= 15 is 0 Å². The van der Waals surface area contributed by atoms with Gasteiger partial charge in [0.25, 0.3) is 0 Å². The molecule has 2 heterocycles. The first-order valence-electron chi connectivity index (χ1n) is 8.90. The zero-order valence-electron chi connectivity index (χ0n) is 15.4. The molecule has 0 radical (unpaired) electrons. The number of nitrogens with two attached hydrogens (primary N) is 1. The smallest absolute Gasteiger partial charge is 0.341 e. The maximum atomic E-state index is 12.6. The summed E-state index contributed by atoms with van der Waals surface area (Å²) in [4.78, 5) is 26.3. The Morgan fingerprint density at radius 3 is 2.77 bits per heavy atom. The molecule has 7 nitrogen and oxygen atoms in total. The normalized spacial score (nSPS) is 18.3. The maximum absolute atomic E-state index is 12.6. The minimum absolute atomic E-state index is 0.0145. The maximum Gasteiger partial charge on any atom is 0.341 e. The SMILES string of the molecule is CCn1cc(C(=O)O)c(=O)c2ccc(N3CCCC3C(C)N)c(OC)c21. The first kappa shape index (κ1) is 18.3. The number of nitrogens with zero attached hydrogens (tertiary/aromatic N) is 2. The van der Waals surface area contributed by atoms with Crippen molar-refractivity contribution in [3.63, 3.8) is 0 Å². The third-order valence-corrected chi connectivity index (χ3v) is 5.16. The van der Waals surface area contributed by atoms with E-state index in [1.54, 1.807) is 17.7 Å². The quantitative estimate of drug-likeness (QED) is 0.848. The number of pyridine rings is 1. The molecule has 2 aromatic rings. The van der Waals surface area contributed by atoms with Crippen molar-refractivity contribution in [2.75, 3.05) is 18.6 Å². The Morgan fingerprint density at radius 1 is 1.46 bits per heavy atom. The van der Waals surface area contributed by atoms with Crippen molar-refractivity contribution in [3.05, 3.63) is 34.1 Å². The summed E-state index contributed by atoms with van der Waals surface area (Å²) in [6.45, 7) is 5.30. The Labute approximate surface area is 152 Å². The molecular weight excluding hydrogens is 334 g/mol. The van der Waals surface area contributed by atoms with Crippen LogP contribution in [0.15, 0.2) is 23.1 Å². The lowest BCUT2D eigenvalue weighted by Crippen LogP contribution is -2.42. The summed E-state index contributed by atoms with van der Waals surface area (Å²) >= 11 is 0. The third-order valence-electron chi connectivity index (χ3n) is 5.16. The van der Waals surface area contributed by atoms with Gasteiger partial charge in [0.15, 0.2) is 5.75 Å². The van der Waals surface area contributed by atoms with Crippen LogP contribution in [0.5, 0.6) is 5.75 Å². The fourth-order valence-corrected chi connectivity index (χ4v) is 3.92. The Balaban J connectivity index is 2.30. The molecule has 0 spiro atoms. The Hall–Kier alpha value is -2.54. The van der Waals surface area contributed by atoms with E-state index in [9.17, 15) is 14.7 Å². The highest BCUT2D eigenvalue weighted by molar-refractivity contribution is 5.96. The Bertz CT molecular complexity index is 904. The largest absolute Gasteiger partial charge is 0.492 e.